The highest BCUT2D eigenvalue weighted by Gasteiger charge is 2.08. The van der Waals surface area contributed by atoms with Crippen LogP contribution in [0.1, 0.15) is 5.56 Å². The standard InChI is InChI=1S/C11H10BrClN2O/c1-15(6-8-2-3-16-7-8)11-10(12)4-9(13)5-14-11/h2-5,7H,6H2,1H3. The Morgan fingerprint density at radius 3 is 3.00 bits per heavy atom. The van der Waals surface area contributed by atoms with Crippen molar-refractivity contribution in [2.75, 3.05) is 11.9 Å². The van der Waals surface area contributed by atoms with Gasteiger partial charge in [-0.15, -0.1) is 0 Å². The third kappa shape index (κ3) is 2.57. The van der Waals surface area contributed by atoms with Gasteiger partial charge < -0.3 is 9.32 Å². The second kappa shape index (κ2) is 4.89. The zero-order chi connectivity index (χ0) is 11.5. The monoisotopic (exact) mass is 300 g/mol. The Kier molecular flexibility index (Phi) is 3.51. The summed E-state index contributed by atoms with van der Waals surface area (Å²) in [4.78, 5) is 6.29. The van der Waals surface area contributed by atoms with Gasteiger partial charge in [-0.05, 0) is 28.1 Å². The lowest BCUT2D eigenvalue weighted by Crippen LogP contribution is -2.17. The van der Waals surface area contributed by atoms with Gasteiger partial charge in [-0.25, -0.2) is 4.98 Å². The van der Waals surface area contributed by atoms with E-state index in [1.54, 1.807) is 18.7 Å². The molecule has 0 N–H and O–H groups in total. The molecular formula is C11H10BrClN2O. The molecule has 2 aromatic heterocycles. The van der Waals surface area contributed by atoms with Crippen LogP contribution in [0, 0.1) is 0 Å². The predicted octanol–water partition coefficient (Wildman–Crippen LogP) is 3.73. The largest absolute Gasteiger partial charge is 0.472 e. The minimum absolute atomic E-state index is 0.618. The lowest BCUT2D eigenvalue weighted by Gasteiger charge is -2.18. The molecule has 0 atom stereocenters. The van der Waals surface area contributed by atoms with Gasteiger partial charge in [0.2, 0.25) is 0 Å². The van der Waals surface area contributed by atoms with Gasteiger partial charge in [0.05, 0.1) is 22.0 Å². The fourth-order valence-electron chi connectivity index (χ4n) is 1.42. The summed E-state index contributed by atoms with van der Waals surface area (Å²) in [7, 11) is 1.97. The molecule has 0 bridgehead atoms. The lowest BCUT2D eigenvalue weighted by molar-refractivity contribution is 0.563. The molecule has 0 unspecified atom stereocenters. The number of pyridine rings is 1. The second-order valence-electron chi connectivity index (χ2n) is 3.45. The summed E-state index contributed by atoms with van der Waals surface area (Å²) in [6, 6.07) is 3.76. The first-order valence-electron chi connectivity index (χ1n) is 4.70. The first-order chi connectivity index (χ1) is 7.66. The highest BCUT2D eigenvalue weighted by atomic mass is 79.9. The number of furan rings is 1. The summed E-state index contributed by atoms with van der Waals surface area (Å²) in [6.07, 6.45) is 5.02. The molecule has 3 nitrogen and oxygen atoms in total. The summed E-state index contributed by atoms with van der Waals surface area (Å²) in [5.41, 5.74) is 1.10. The van der Waals surface area contributed by atoms with E-state index in [0.29, 0.717) is 5.02 Å². The van der Waals surface area contributed by atoms with E-state index in [-0.39, 0.29) is 0 Å². The van der Waals surface area contributed by atoms with Crippen LogP contribution in [0.5, 0.6) is 0 Å². The van der Waals surface area contributed by atoms with Crippen molar-refractivity contribution >= 4 is 33.3 Å². The minimum atomic E-state index is 0.618. The molecular weight excluding hydrogens is 291 g/mol. The molecule has 84 valence electrons. The SMILES string of the molecule is CN(Cc1ccoc1)c1ncc(Cl)cc1Br. The van der Waals surface area contributed by atoms with Crippen LogP contribution in [0.3, 0.4) is 0 Å². The van der Waals surface area contributed by atoms with E-state index in [2.05, 4.69) is 20.9 Å². The molecule has 0 amide bonds. The van der Waals surface area contributed by atoms with Crippen molar-refractivity contribution in [3.8, 4) is 0 Å². The zero-order valence-electron chi connectivity index (χ0n) is 8.65. The Labute approximate surface area is 107 Å². The lowest BCUT2D eigenvalue weighted by atomic mass is 10.3. The summed E-state index contributed by atoms with van der Waals surface area (Å²) in [5.74, 6) is 0.852. The van der Waals surface area contributed by atoms with Crippen LogP contribution in [0.4, 0.5) is 5.82 Å². The van der Waals surface area contributed by atoms with E-state index in [0.717, 1.165) is 22.4 Å². The maximum atomic E-state index is 5.84. The van der Waals surface area contributed by atoms with Crippen LogP contribution in [-0.4, -0.2) is 12.0 Å². The first-order valence-corrected chi connectivity index (χ1v) is 5.87. The number of halogens is 2. The normalized spacial score (nSPS) is 10.4. The van der Waals surface area contributed by atoms with E-state index < -0.39 is 0 Å². The molecule has 2 aromatic rings. The number of rotatable bonds is 3. The van der Waals surface area contributed by atoms with Crippen molar-refractivity contribution < 1.29 is 4.42 Å². The van der Waals surface area contributed by atoms with Crippen LogP contribution in [0.25, 0.3) is 0 Å². The Hall–Kier alpha value is -1.000. The van der Waals surface area contributed by atoms with Crippen LogP contribution in [0.2, 0.25) is 5.02 Å². The van der Waals surface area contributed by atoms with Crippen LogP contribution >= 0.6 is 27.5 Å². The molecule has 2 heterocycles. The number of anilines is 1. The molecule has 0 saturated carbocycles. The maximum absolute atomic E-state index is 5.84. The van der Waals surface area contributed by atoms with Gasteiger partial charge in [0.1, 0.15) is 5.82 Å². The number of nitrogens with zero attached hydrogens (tertiary/aromatic N) is 2. The molecule has 0 radical (unpaired) electrons. The second-order valence-corrected chi connectivity index (χ2v) is 4.74. The van der Waals surface area contributed by atoms with Gasteiger partial charge in [0.25, 0.3) is 0 Å². The van der Waals surface area contributed by atoms with Gasteiger partial charge in [-0.3, -0.25) is 0 Å². The van der Waals surface area contributed by atoms with Crippen molar-refractivity contribution in [1.29, 1.82) is 0 Å². The van der Waals surface area contributed by atoms with Crippen molar-refractivity contribution in [2.24, 2.45) is 0 Å². The Balaban J connectivity index is 2.17. The molecule has 0 saturated heterocycles. The maximum Gasteiger partial charge on any atom is 0.143 e. The topological polar surface area (TPSA) is 29.3 Å². The van der Waals surface area contributed by atoms with Gasteiger partial charge in [0, 0.05) is 25.4 Å². The summed E-state index contributed by atoms with van der Waals surface area (Å²) in [6.45, 7) is 0.740. The molecule has 0 fully saturated rings. The van der Waals surface area contributed by atoms with E-state index in [9.17, 15) is 0 Å². The van der Waals surface area contributed by atoms with Crippen molar-refractivity contribution in [3.63, 3.8) is 0 Å². The third-order valence-corrected chi connectivity index (χ3v) is 2.94. The molecule has 0 aromatic carbocycles. The highest BCUT2D eigenvalue weighted by Crippen LogP contribution is 2.26. The molecule has 2 rings (SSSR count). The van der Waals surface area contributed by atoms with Gasteiger partial charge in [-0.1, -0.05) is 11.6 Å². The Morgan fingerprint density at radius 1 is 1.56 bits per heavy atom. The zero-order valence-corrected chi connectivity index (χ0v) is 11.0. The fourth-order valence-corrected chi connectivity index (χ4v) is 2.36. The molecule has 5 heteroatoms. The quantitative estimate of drug-likeness (QED) is 0.865. The van der Waals surface area contributed by atoms with Crippen molar-refractivity contribution in [3.05, 3.63) is 45.9 Å². The molecule has 0 aliphatic carbocycles. The van der Waals surface area contributed by atoms with Crippen molar-refractivity contribution in [1.82, 2.24) is 4.98 Å². The Morgan fingerprint density at radius 2 is 2.38 bits per heavy atom. The van der Waals surface area contributed by atoms with Crippen LogP contribution < -0.4 is 4.90 Å². The first kappa shape index (κ1) is 11.5. The molecule has 16 heavy (non-hydrogen) atoms. The van der Waals surface area contributed by atoms with E-state index in [1.165, 1.54) is 0 Å². The van der Waals surface area contributed by atoms with E-state index in [4.69, 9.17) is 16.0 Å². The van der Waals surface area contributed by atoms with Gasteiger partial charge in [-0.2, -0.15) is 0 Å². The summed E-state index contributed by atoms with van der Waals surface area (Å²) in [5, 5.41) is 0.618. The number of aromatic nitrogens is 1. The average molecular weight is 302 g/mol. The smallest absolute Gasteiger partial charge is 0.143 e. The van der Waals surface area contributed by atoms with Gasteiger partial charge in [0.15, 0.2) is 0 Å². The van der Waals surface area contributed by atoms with E-state index in [1.807, 2.05) is 24.1 Å². The molecule has 0 spiro atoms. The third-order valence-electron chi connectivity index (χ3n) is 2.15. The molecule has 0 aliphatic rings. The number of hydrogen-bond acceptors (Lipinski definition) is 3. The predicted molar refractivity (Wildman–Crippen MR) is 67.8 cm³/mol. The van der Waals surface area contributed by atoms with E-state index >= 15 is 0 Å². The van der Waals surface area contributed by atoms with Crippen LogP contribution in [-0.2, 0) is 6.54 Å². The Bertz CT molecular complexity index is 473. The van der Waals surface area contributed by atoms with Crippen molar-refractivity contribution in [2.45, 2.75) is 6.54 Å². The average Bonchev–Trinajstić information content (AvgIpc) is 2.70. The fraction of sp³-hybridized carbons (Fsp3) is 0.182. The number of hydrogen-bond donors (Lipinski definition) is 0. The summed E-state index contributed by atoms with van der Waals surface area (Å²) < 4.78 is 5.90. The minimum Gasteiger partial charge on any atom is -0.472 e. The highest BCUT2D eigenvalue weighted by molar-refractivity contribution is 9.10. The molecule has 0 aliphatic heterocycles. The summed E-state index contributed by atoms with van der Waals surface area (Å²) >= 11 is 9.28. The van der Waals surface area contributed by atoms with Gasteiger partial charge >= 0.3 is 0 Å². The van der Waals surface area contributed by atoms with Crippen LogP contribution in [0.15, 0.2) is 39.7 Å².